The van der Waals surface area contributed by atoms with E-state index in [0.29, 0.717) is 17.8 Å². The van der Waals surface area contributed by atoms with Gasteiger partial charge in [-0.1, -0.05) is 13.0 Å². The molecule has 1 atom stereocenters. The molecule has 0 radical (unpaired) electrons. The Balaban J connectivity index is 2.20. The highest BCUT2D eigenvalue weighted by atomic mass is 32.1. The topological polar surface area (TPSA) is 58.2 Å². The van der Waals surface area contributed by atoms with Crippen molar-refractivity contribution in [2.45, 2.75) is 32.7 Å². The van der Waals surface area contributed by atoms with Crippen molar-refractivity contribution in [2.75, 3.05) is 6.54 Å². The van der Waals surface area contributed by atoms with Gasteiger partial charge in [0.1, 0.15) is 0 Å². The van der Waals surface area contributed by atoms with Gasteiger partial charge >= 0.3 is 0 Å². The normalized spacial score (nSPS) is 11.9. The van der Waals surface area contributed by atoms with Crippen LogP contribution >= 0.6 is 11.3 Å². The minimum atomic E-state index is -0.115. The Kier molecular flexibility index (Phi) is 5.69. The minimum absolute atomic E-state index is 0.0224. The zero-order valence-electron chi connectivity index (χ0n) is 10.2. The van der Waals surface area contributed by atoms with E-state index in [9.17, 15) is 9.59 Å². The summed E-state index contributed by atoms with van der Waals surface area (Å²) >= 11 is 1.39. The highest BCUT2D eigenvalue weighted by molar-refractivity contribution is 7.12. The van der Waals surface area contributed by atoms with Crippen LogP contribution < -0.4 is 10.6 Å². The van der Waals surface area contributed by atoms with Crippen LogP contribution in [0.15, 0.2) is 17.5 Å². The Morgan fingerprint density at radius 3 is 2.82 bits per heavy atom. The number of rotatable bonds is 6. The van der Waals surface area contributed by atoms with Crippen LogP contribution in [0, 0.1) is 0 Å². The number of hydrogen-bond donors (Lipinski definition) is 2. The fourth-order valence-electron chi connectivity index (χ4n) is 1.23. The summed E-state index contributed by atoms with van der Waals surface area (Å²) in [6.07, 6.45) is 1.23. The van der Waals surface area contributed by atoms with Gasteiger partial charge in [-0.2, -0.15) is 0 Å². The molecule has 0 saturated heterocycles. The molecule has 5 heteroatoms. The second kappa shape index (κ2) is 7.06. The van der Waals surface area contributed by atoms with Crippen molar-refractivity contribution in [3.05, 3.63) is 22.4 Å². The van der Waals surface area contributed by atoms with Crippen molar-refractivity contribution in [1.82, 2.24) is 10.6 Å². The third kappa shape index (κ3) is 4.99. The van der Waals surface area contributed by atoms with Gasteiger partial charge in [0.05, 0.1) is 4.88 Å². The summed E-state index contributed by atoms with van der Waals surface area (Å²) in [5, 5.41) is 7.42. The third-order valence-electron chi connectivity index (χ3n) is 2.40. The van der Waals surface area contributed by atoms with Gasteiger partial charge in [0.25, 0.3) is 5.91 Å². The highest BCUT2D eigenvalue weighted by Gasteiger charge is 2.08. The molecule has 0 aliphatic heterocycles. The molecule has 1 heterocycles. The monoisotopic (exact) mass is 254 g/mol. The summed E-state index contributed by atoms with van der Waals surface area (Å²) in [4.78, 5) is 23.6. The molecular formula is C12H18N2O2S. The van der Waals surface area contributed by atoms with Gasteiger partial charge in [0, 0.05) is 19.0 Å². The fraction of sp³-hybridized carbons (Fsp3) is 0.500. The van der Waals surface area contributed by atoms with E-state index >= 15 is 0 Å². The molecule has 1 aromatic rings. The van der Waals surface area contributed by atoms with Gasteiger partial charge in [-0.3, -0.25) is 9.59 Å². The summed E-state index contributed by atoms with van der Waals surface area (Å²) in [6.45, 7) is 4.35. The van der Waals surface area contributed by atoms with Gasteiger partial charge in [0.2, 0.25) is 5.91 Å². The van der Waals surface area contributed by atoms with Gasteiger partial charge in [0.15, 0.2) is 0 Å². The lowest BCUT2D eigenvalue weighted by Crippen LogP contribution is -2.35. The van der Waals surface area contributed by atoms with Crippen molar-refractivity contribution in [2.24, 2.45) is 0 Å². The van der Waals surface area contributed by atoms with Crippen molar-refractivity contribution >= 4 is 23.2 Å². The Morgan fingerprint density at radius 2 is 2.24 bits per heavy atom. The number of carbonyl (C=O) groups excluding carboxylic acids is 2. The van der Waals surface area contributed by atoms with E-state index in [0.717, 1.165) is 6.42 Å². The standard InChI is InChI=1S/C12H18N2O2S/c1-3-9(2)14-11(15)6-7-13-12(16)10-5-4-8-17-10/h4-5,8-9H,3,6-7H2,1-2H3,(H,13,16)(H,14,15)/t9-/m1/s1. The van der Waals surface area contributed by atoms with Crippen LogP contribution in [-0.2, 0) is 4.79 Å². The molecule has 2 N–H and O–H groups in total. The smallest absolute Gasteiger partial charge is 0.261 e. The Labute approximate surface area is 105 Å². The number of thiophene rings is 1. The fourth-order valence-corrected chi connectivity index (χ4v) is 1.87. The average Bonchev–Trinajstić information content (AvgIpc) is 2.82. The van der Waals surface area contributed by atoms with E-state index < -0.39 is 0 Å². The predicted molar refractivity (Wildman–Crippen MR) is 69.2 cm³/mol. The molecule has 4 nitrogen and oxygen atoms in total. The van der Waals surface area contributed by atoms with E-state index in [1.165, 1.54) is 11.3 Å². The maximum absolute atomic E-state index is 11.5. The van der Waals surface area contributed by atoms with Crippen LogP contribution in [0.1, 0.15) is 36.4 Å². The lowest BCUT2D eigenvalue weighted by atomic mass is 10.2. The van der Waals surface area contributed by atoms with Crippen LogP contribution in [0.3, 0.4) is 0 Å². The molecule has 0 unspecified atom stereocenters. The summed E-state index contributed by atoms with van der Waals surface area (Å²) < 4.78 is 0. The summed E-state index contributed by atoms with van der Waals surface area (Å²) in [7, 11) is 0. The number of nitrogens with one attached hydrogen (secondary N) is 2. The molecule has 0 aliphatic carbocycles. The number of hydrogen-bond acceptors (Lipinski definition) is 3. The first-order chi connectivity index (χ1) is 8.13. The second-order valence-electron chi connectivity index (χ2n) is 3.86. The molecule has 0 saturated carbocycles. The van der Waals surface area contributed by atoms with E-state index in [1.54, 1.807) is 6.07 Å². The van der Waals surface area contributed by atoms with Crippen molar-refractivity contribution < 1.29 is 9.59 Å². The first kappa shape index (κ1) is 13.7. The Morgan fingerprint density at radius 1 is 1.47 bits per heavy atom. The van der Waals surface area contributed by atoms with Crippen molar-refractivity contribution in [3.8, 4) is 0 Å². The molecule has 17 heavy (non-hydrogen) atoms. The van der Waals surface area contributed by atoms with Crippen molar-refractivity contribution in [3.63, 3.8) is 0 Å². The lowest BCUT2D eigenvalue weighted by molar-refractivity contribution is -0.121. The lowest BCUT2D eigenvalue weighted by Gasteiger charge is -2.11. The Hall–Kier alpha value is -1.36. The van der Waals surface area contributed by atoms with E-state index in [4.69, 9.17) is 0 Å². The molecule has 0 bridgehead atoms. The quantitative estimate of drug-likeness (QED) is 0.813. The molecule has 94 valence electrons. The largest absolute Gasteiger partial charge is 0.354 e. The number of carbonyl (C=O) groups is 2. The van der Waals surface area contributed by atoms with Crippen molar-refractivity contribution in [1.29, 1.82) is 0 Å². The molecule has 1 aromatic heterocycles. The Bertz CT molecular complexity index is 363. The SMILES string of the molecule is CC[C@@H](C)NC(=O)CCNC(=O)c1cccs1. The molecule has 0 aromatic carbocycles. The van der Waals surface area contributed by atoms with E-state index in [1.807, 2.05) is 25.3 Å². The van der Waals surface area contributed by atoms with Crippen LogP contribution in [0.5, 0.6) is 0 Å². The number of amides is 2. The van der Waals surface area contributed by atoms with Crippen LogP contribution in [0.4, 0.5) is 0 Å². The highest BCUT2D eigenvalue weighted by Crippen LogP contribution is 2.07. The van der Waals surface area contributed by atoms with Crippen LogP contribution in [-0.4, -0.2) is 24.4 Å². The first-order valence-corrected chi connectivity index (χ1v) is 6.62. The second-order valence-corrected chi connectivity index (χ2v) is 4.81. The van der Waals surface area contributed by atoms with Crippen LogP contribution in [0.25, 0.3) is 0 Å². The van der Waals surface area contributed by atoms with Gasteiger partial charge in [-0.05, 0) is 24.8 Å². The molecule has 2 amide bonds. The summed E-state index contributed by atoms with van der Waals surface area (Å²) in [5.41, 5.74) is 0. The van der Waals surface area contributed by atoms with E-state index in [2.05, 4.69) is 10.6 Å². The molecule has 0 fully saturated rings. The van der Waals surface area contributed by atoms with Gasteiger partial charge < -0.3 is 10.6 Å². The van der Waals surface area contributed by atoms with E-state index in [-0.39, 0.29) is 17.9 Å². The molecular weight excluding hydrogens is 236 g/mol. The third-order valence-corrected chi connectivity index (χ3v) is 3.27. The minimum Gasteiger partial charge on any atom is -0.354 e. The maximum Gasteiger partial charge on any atom is 0.261 e. The molecule has 0 spiro atoms. The zero-order valence-corrected chi connectivity index (χ0v) is 11.0. The average molecular weight is 254 g/mol. The first-order valence-electron chi connectivity index (χ1n) is 5.74. The summed E-state index contributed by atoms with van der Waals surface area (Å²) in [5.74, 6) is -0.137. The molecule has 1 rings (SSSR count). The summed E-state index contributed by atoms with van der Waals surface area (Å²) in [6, 6.07) is 3.78. The maximum atomic E-state index is 11.5. The predicted octanol–water partition coefficient (Wildman–Crippen LogP) is 1.78. The zero-order chi connectivity index (χ0) is 12.7. The van der Waals surface area contributed by atoms with Crippen LogP contribution in [0.2, 0.25) is 0 Å². The van der Waals surface area contributed by atoms with Gasteiger partial charge in [-0.15, -0.1) is 11.3 Å². The van der Waals surface area contributed by atoms with Gasteiger partial charge in [-0.25, -0.2) is 0 Å². The molecule has 0 aliphatic rings.